The average Bonchev–Trinajstić information content (AvgIpc) is 2.98. The van der Waals surface area contributed by atoms with E-state index < -0.39 is 0 Å². The van der Waals surface area contributed by atoms with Crippen LogP contribution in [0.25, 0.3) is 0 Å². The molecule has 0 N–H and O–H groups in total. The van der Waals surface area contributed by atoms with Crippen molar-refractivity contribution >= 4 is 11.3 Å². The largest absolute Gasteiger partial charge is 0.486 e. The molecule has 0 unspecified atom stereocenters. The van der Waals surface area contributed by atoms with Crippen LogP contribution in [-0.2, 0) is 16.0 Å². The zero-order valence-corrected chi connectivity index (χ0v) is 15.9. The first-order valence-corrected chi connectivity index (χ1v) is 9.96. The van der Waals surface area contributed by atoms with Crippen LogP contribution in [0, 0.1) is 0 Å². The van der Waals surface area contributed by atoms with E-state index in [0.717, 1.165) is 18.0 Å². The SMILES string of the molecule is CCOCCOc1csc(CN2CCCCC2)c1OCCOCC. The lowest BCUT2D eigenvalue weighted by Gasteiger charge is -2.26. The molecule has 0 amide bonds. The van der Waals surface area contributed by atoms with Gasteiger partial charge in [-0.1, -0.05) is 6.42 Å². The van der Waals surface area contributed by atoms with E-state index in [1.54, 1.807) is 11.3 Å². The maximum atomic E-state index is 6.00. The van der Waals surface area contributed by atoms with E-state index in [4.69, 9.17) is 18.9 Å². The third-order valence-corrected chi connectivity index (χ3v) is 4.90. The third-order valence-electron chi connectivity index (χ3n) is 3.97. The van der Waals surface area contributed by atoms with Crippen molar-refractivity contribution in [3.05, 3.63) is 10.3 Å². The summed E-state index contributed by atoms with van der Waals surface area (Å²) in [4.78, 5) is 3.76. The molecule has 1 aromatic heterocycles. The van der Waals surface area contributed by atoms with E-state index >= 15 is 0 Å². The standard InChI is InChI=1S/C18H31NO4S/c1-3-20-10-12-22-16-15-24-17(14-19-8-6-5-7-9-19)18(16)23-13-11-21-4-2/h15H,3-14H2,1-2H3. The molecule has 1 fully saturated rings. The predicted octanol–water partition coefficient (Wildman–Crippen LogP) is 3.56. The molecular weight excluding hydrogens is 326 g/mol. The Hall–Kier alpha value is -0.820. The minimum Gasteiger partial charge on any atom is -0.486 e. The van der Waals surface area contributed by atoms with E-state index in [-0.39, 0.29) is 0 Å². The van der Waals surface area contributed by atoms with Crippen LogP contribution in [0.5, 0.6) is 11.5 Å². The molecule has 138 valence electrons. The lowest BCUT2D eigenvalue weighted by molar-refractivity contribution is 0.0996. The van der Waals surface area contributed by atoms with Crippen LogP contribution in [0.15, 0.2) is 5.38 Å². The highest BCUT2D eigenvalue weighted by atomic mass is 32.1. The van der Waals surface area contributed by atoms with Gasteiger partial charge in [-0.05, 0) is 39.8 Å². The Morgan fingerprint density at radius 3 is 2.25 bits per heavy atom. The smallest absolute Gasteiger partial charge is 0.176 e. The summed E-state index contributed by atoms with van der Waals surface area (Å²) >= 11 is 1.72. The molecule has 1 saturated heterocycles. The maximum absolute atomic E-state index is 6.00. The Morgan fingerprint density at radius 1 is 0.917 bits per heavy atom. The van der Waals surface area contributed by atoms with Crippen LogP contribution in [-0.4, -0.2) is 57.6 Å². The lowest BCUT2D eigenvalue weighted by Crippen LogP contribution is -2.28. The van der Waals surface area contributed by atoms with Crippen LogP contribution in [0.1, 0.15) is 38.0 Å². The molecular formula is C18H31NO4S. The first kappa shape index (κ1) is 19.5. The van der Waals surface area contributed by atoms with Crippen molar-refractivity contribution in [3.8, 4) is 11.5 Å². The number of likely N-dealkylation sites (tertiary alicyclic amines) is 1. The van der Waals surface area contributed by atoms with Gasteiger partial charge in [0.15, 0.2) is 11.5 Å². The van der Waals surface area contributed by atoms with E-state index in [9.17, 15) is 0 Å². The van der Waals surface area contributed by atoms with Gasteiger partial charge in [-0.3, -0.25) is 4.90 Å². The molecule has 0 aromatic carbocycles. The van der Waals surface area contributed by atoms with Crippen molar-refractivity contribution in [3.63, 3.8) is 0 Å². The summed E-state index contributed by atoms with van der Waals surface area (Å²) in [6, 6.07) is 0. The summed E-state index contributed by atoms with van der Waals surface area (Å²) in [5.41, 5.74) is 0. The number of nitrogens with zero attached hydrogens (tertiary/aromatic N) is 1. The molecule has 0 radical (unpaired) electrons. The molecule has 0 atom stereocenters. The summed E-state index contributed by atoms with van der Waals surface area (Å²) < 4.78 is 22.6. The topological polar surface area (TPSA) is 40.2 Å². The normalized spacial score (nSPS) is 15.6. The maximum Gasteiger partial charge on any atom is 0.176 e. The van der Waals surface area contributed by atoms with Crippen molar-refractivity contribution < 1.29 is 18.9 Å². The Kier molecular flexibility index (Phi) is 9.50. The van der Waals surface area contributed by atoms with Crippen LogP contribution in [0.4, 0.5) is 0 Å². The lowest BCUT2D eigenvalue weighted by atomic mass is 10.1. The second-order valence-electron chi connectivity index (χ2n) is 5.78. The Labute approximate surface area is 149 Å². The number of hydrogen-bond acceptors (Lipinski definition) is 6. The van der Waals surface area contributed by atoms with Crippen LogP contribution in [0.2, 0.25) is 0 Å². The highest BCUT2D eigenvalue weighted by Gasteiger charge is 2.19. The van der Waals surface area contributed by atoms with Crippen LogP contribution >= 0.6 is 11.3 Å². The monoisotopic (exact) mass is 357 g/mol. The number of thiophene rings is 1. The van der Waals surface area contributed by atoms with Gasteiger partial charge in [-0.2, -0.15) is 0 Å². The third kappa shape index (κ3) is 6.59. The van der Waals surface area contributed by atoms with Gasteiger partial charge in [0.1, 0.15) is 13.2 Å². The molecule has 1 aromatic rings. The Morgan fingerprint density at radius 2 is 1.58 bits per heavy atom. The van der Waals surface area contributed by atoms with Crippen molar-refractivity contribution in [1.29, 1.82) is 0 Å². The molecule has 1 aliphatic heterocycles. The minimum atomic E-state index is 0.551. The summed E-state index contributed by atoms with van der Waals surface area (Å²) in [6.07, 6.45) is 3.94. The molecule has 2 heterocycles. The summed E-state index contributed by atoms with van der Waals surface area (Å²) in [7, 11) is 0. The van der Waals surface area contributed by atoms with Crippen molar-refractivity contribution in [2.45, 2.75) is 39.7 Å². The number of rotatable bonds is 12. The molecule has 0 saturated carbocycles. The number of hydrogen-bond donors (Lipinski definition) is 0. The van der Waals surface area contributed by atoms with Gasteiger partial charge in [0.25, 0.3) is 0 Å². The minimum absolute atomic E-state index is 0.551. The highest BCUT2D eigenvalue weighted by Crippen LogP contribution is 2.38. The first-order chi connectivity index (χ1) is 11.8. The fourth-order valence-electron chi connectivity index (χ4n) is 2.75. The molecule has 6 heteroatoms. The highest BCUT2D eigenvalue weighted by molar-refractivity contribution is 7.10. The molecule has 0 bridgehead atoms. The summed E-state index contributed by atoms with van der Waals surface area (Å²) in [5.74, 6) is 1.73. The fourth-order valence-corrected chi connectivity index (χ4v) is 3.70. The second kappa shape index (κ2) is 11.7. The molecule has 0 aliphatic carbocycles. The van der Waals surface area contributed by atoms with Gasteiger partial charge in [-0.15, -0.1) is 11.3 Å². The van der Waals surface area contributed by atoms with Crippen molar-refractivity contribution in [2.24, 2.45) is 0 Å². The van der Waals surface area contributed by atoms with E-state index in [1.807, 2.05) is 13.8 Å². The zero-order chi connectivity index (χ0) is 17.0. The average molecular weight is 358 g/mol. The van der Waals surface area contributed by atoms with Crippen LogP contribution < -0.4 is 9.47 Å². The van der Waals surface area contributed by atoms with Gasteiger partial charge in [0, 0.05) is 25.1 Å². The van der Waals surface area contributed by atoms with Gasteiger partial charge >= 0.3 is 0 Å². The quantitative estimate of drug-likeness (QED) is 0.535. The molecule has 5 nitrogen and oxygen atoms in total. The van der Waals surface area contributed by atoms with Gasteiger partial charge in [0.05, 0.1) is 18.1 Å². The summed E-state index contributed by atoms with van der Waals surface area (Å²) in [6.45, 7) is 11.0. The Balaban J connectivity index is 1.94. The predicted molar refractivity (Wildman–Crippen MR) is 97.4 cm³/mol. The molecule has 24 heavy (non-hydrogen) atoms. The van der Waals surface area contributed by atoms with Crippen LogP contribution in [0.3, 0.4) is 0 Å². The molecule has 2 rings (SSSR count). The van der Waals surface area contributed by atoms with Crippen molar-refractivity contribution in [2.75, 3.05) is 52.7 Å². The van der Waals surface area contributed by atoms with Crippen molar-refractivity contribution in [1.82, 2.24) is 4.90 Å². The second-order valence-corrected chi connectivity index (χ2v) is 6.74. The number of ether oxygens (including phenoxy) is 4. The van der Waals surface area contributed by atoms with E-state index in [1.165, 1.54) is 37.2 Å². The number of piperidine rings is 1. The van der Waals surface area contributed by atoms with Gasteiger partial charge in [-0.25, -0.2) is 0 Å². The first-order valence-electron chi connectivity index (χ1n) is 9.09. The van der Waals surface area contributed by atoms with E-state index in [0.29, 0.717) is 39.6 Å². The van der Waals surface area contributed by atoms with E-state index in [2.05, 4.69) is 10.3 Å². The zero-order valence-electron chi connectivity index (χ0n) is 15.1. The van der Waals surface area contributed by atoms with Gasteiger partial charge < -0.3 is 18.9 Å². The van der Waals surface area contributed by atoms with Gasteiger partial charge in [0.2, 0.25) is 0 Å². The molecule has 1 aliphatic rings. The Bertz CT molecular complexity index is 446. The summed E-state index contributed by atoms with van der Waals surface area (Å²) in [5, 5.41) is 2.06. The molecule has 0 spiro atoms. The fraction of sp³-hybridized carbons (Fsp3) is 0.778.